The Bertz CT molecular complexity index is 373. The van der Waals surface area contributed by atoms with Crippen molar-refractivity contribution in [2.45, 2.75) is 6.10 Å². The van der Waals surface area contributed by atoms with Crippen LogP contribution < -0.4 is 0 Å². The number of aliphatic hydroxyl groups excluding tert-OH is 1. The first-order chi connectivity index (χ1) is 7.06. The van der Waals surface area contributed by atoms with Gasteiger partial charge in [-0.3, -0.25) is 10.1 Å². The first kappa shape index (κ1) is 11.1. The van der Waals surface area contributed by atoms with E-state index in [0.29, 0.717) is 0 Å². The third-order valence-corrected chi connectivity index (χ3v) is 1.84. The van der Waals surface area contributed by atoms with Crippen molar-refractivity contribution in [3.05, 3.63) is 39.9 Å². The van der Waals surface area contributed by atoms with E-state index in [-0.39, 0.29) is 11.3 Å². The van der Waals surface area contributed by atoms with Crippen molar-refractivity contribution in [3.8, 4) is 0 Å². The molecule has 0 aliphatic carbocycles. The molecule has 0 aliphatic heterocycles. The molecule has 1 aromatic rings. The lowest BCUT2D eigenvalue weighted by molar-refractivity contribution is -0.384. The molecule has 0 aliphatic rings. The highest BCUT2D eigenvalue weighted by atomic mass is 16.6. The lowest BCUT2D eigenvalue weighted by Crippen LogP contribution is -2.13. The summed E-state index contributed by atoms with van der Waals surface area (Å²) >= 11 is 0. The zero-order chi connectivity index (χ0) is 11.4. The first-order valence-corrected chi connectivity index (χ1v) is 4.06. The summed E-state index contributed by atoms with van der Waals surface area (Å²) in [4.78, 5) is 20.7. The molecule has 0 radical (unpaired) electrons. The highest BCUT2D eigenvalue weighted by molar-refractivity contribution is 5.76. The van der Waals surface area contributed by atoms with Crippen molar-refractivity contribution in [2.75, 3.05) is 7.11 Å². The van der Waals surface area contributed by atoms with Gasteiger partial charge in [-0.2, -0.15) is 0 Å². The SMILES string of the molecule is COC(=O)[C@H](O)c1ccc([N+](=O)[O-])cc1. The second-order valence-corrected chi connectivity index (χ2v) is 2.77. The smallest absolute Gasteiger partial charge is 0.339 e. The highest BCUT2D eigenvalue weighted by Gasteiger charge is 2.18. The molecule has 1 N–H and O–H groups in total. The Balaban J connectivity index is 2.89. The van der Waals surface area contributed by atoms with Gasteiger partial charge < -0.3 is 9.84 Å². The fourth-order valence-electron chi connectivity index (χ4n) is 1.03. The summed E-state index contributed by atoms with van der Waals surface area (Å²) in [7, 11) is 1.15. The van der Waals surface area contributed by atoms with E-state index < -0.39 is 17.0 Å². The van der Waals surface area contributed by atoms with Crippen LogP contribution in [0.5, 0.6) is 0 Å². The van der Waals surface area contributed by atoms with Gasteiger partial charge in [0.25, 0.3) is 5.69 Å². The molecule has 0 saturated carbocycles. The number of nitrogens with zero attached hydrogens (tertiary/aromatic N) is 1. The molecule has 0 saturated heterocycles. The van der Waals surface area contributed by atoms with Crippen LogP contribution in [0.25, 0.3) is 0 Å². The minimum absolute atomic E-state index is 0.101. The maximum Gasteiger partial charge on any atom is 0.339 e. The van der Waals surface area contributed by atoms with Gasteiger partial charge in [-0.15, -0.1) is 0 Å². The van der Waals surface area contributed by atoms with Crippen molar-refractivity contribution in [1.29, 1.82) is 0 Å². The van der Waals surface area contributed by atoms with Gasteiger partial charge in [-0.1, -0.05) is 0 Å². The summed E-state index contributed by atoms with van der Waals surface area (Å²) in [5.74, 6) is -0.802. The van der Waals surface area contributed by atoms with Crippen LogP contribution in [0.3, 0.4) is 0 Å². The predicted octanol–water partition coefficient (Wildman–Crippen LogP) is 0.801. The van der Waals surface area contributed by atoms with Crippen LogP contribution in [0.2, 0.25) is 0 Å². The maximum absolute atomic E-state index is 10.9. The van der Waals surface area contributed by atoms with E-state index in [2.05, 4.69) is 4.74 Å². The fraction of sp³-hybridized carbons (Fsp3) is 0.222. The number of nitro groups is 1. The average molecular weight is 211 g/mol. The number of non-ortho nitro benzene ring substituents is 1. The van der Waals surface area contributed by atoms with Gasteiger partial charge in [0.1, 0.15) is 0 Å². The molecule has 1 atom stereocenters. The van der Waals surface area contributed by atoms with Gasteiger partial charge in [0.15, 0.2) is 6.10 Å². The molecule has 1 rings (SSSR count). The van der Waals surface area contributed by atoms with Crippen LogP contribution in [-0.2, 0) is 9.53 Å². The van der Waals surface area contributed by atoms with Gasteiger partial charge in [0.05, 0.1) is 12.0 Å². The average Bonchev–Trinajstić information content (AvgIpc) is 2.27. The summed E-state index contributed by atoms with van der Waals surface area (Å²) in [6.45, 7) is 0. The van der Waals surface area contributed by atoms with Crippen LogP contribution in [0.4, 0.5) is 5.69 Å². The molecule has 0 unspecified atom stereocenters. The molecular weight excluding hydrogens is 202 g/mol. The number of hydrogen-bond acceptors (Lipinski definition) is 5. The first-order valence-electron chi connectivity index (χ1n) is 4.06. The van der Waals surface area contributed by atoms with Crippen molar-refractivity contribution < 1.29 is 19.6 Å². The van der Waals surface area contributed by atoms with E-state index in [0.717, 1.165) is 7.11 Å². The number of carbonyl (C=O) groups is 1. The number of esters is 1. The summed E-state index contributed by atoms with van der Waals surface area (Å²) in [5.41, 5.74) is 0.156. The number of carbonyl (C=O) groups excluding carboxylic acids is 1. The summed E-state index contributed by atoms with van der Waals surface area (Å²) in [5, 5.41) is 19.7. The lowest BCUT2D eigenvalue weighted by Gasteiger charge is -2.07. The molecule has 80 valence electrons. The van der Waals surface area contributed by atoms with E-state index in [1.165, 1.54) is 24.3 Å². The number of aliphatic hydroxyl groups is 1. The molecule has 6 heteroatoms. The minimum Gasteiger partial charge on any atom is -0.467 e. The standard InChI is InChI=1S/C9H9NO5/c1-15-9(12)8(11)6-2-4-7(5-3-6)10(13)14/h2-5,8,11H,1H3/t8-/m1/s1. The quantitative estimate of drug-likeness (QED) is 0.453. The number of rotatable bonds is 3. The number of hydrogen-bond donors (Lipinski definition) is 1. The fourth-order valence-corrected chi connectivity index (χ4v) is 1.03. The Morgan fingerprint density at radius 2 is 2.00 bits per heavy atom. The maximum atomic E-state index is 10.9. The van der Waals surface area contributed by atoms with E-state index in [1.807, 2.05) is 0 Å². The largest absolute Gasteiger partial charge is 0.467 e. The van der Waals surface area contributed by atoms with E-state index >= 15 is 0 Å². The van der Waals surface area contributed by atoms with Crippen LogP contribution in [0.15, 0.2) is 24.3 Å². The van der Waals surface area contributed by atoms with Crippen molar-refractivity contribution in [3.63, 3.8) is 0 Å². The molecule has 0 aromatic heterocycles. The van der Waals surface area contributed by atoms with Gasteiger partial charge in [0.2, 0.25) is 0 Å². The molecule has 0 heterocycles. The monoisotopic (exact) mass is 211 g/mol. The Morgan fingerprint density at radius 1 is 1.47 bits per heavy atom. The molecule has 0 spiro atoms. The Kier molecular flexibility index (Phi) is 3.35. The molecule has 15 heavy (non-hydrogen) atoms. The number of benzene rings is 1. The molecular formula is C9H9NO5. The third kappa shape index (κ3) is 2.50. The van der Waals surface area contributed by atoms with Crippen molar-refractivity contribution in [2.24, 2.45) is 0 Å². The predicted molar refractivity (Wildman–Crippen MR) is 50.1 cm³/mol. The topological polar surface area (TPSA) is 89.7 Å². The molecule has 0 amide bonds. The zero-order valence-electron chi connectivity index (χ0n) is 7.91. The van der Waals surface area contributed by atoms with Crippen molar-refractivity contribution in [1.82, 2.24) is 0 Å². The second-order valence-electron chi connectivity index (χ2n) is 2.77. The van der Waals surface area contributed by atoms with Gasteiger partial charge in [-0.05, 0) is 17.7 Å². The second kappa shape index (κ2) is 4.52. The molecule has 0 bridgehead atoms. The zero-order valence-corrected chi connectivity index (χ0v) is 7.91. The van der Waals surface area contributed by atoms with Gasteiger partial charge >= 0.3 is 5.97 Å². The number of ether oxygens (including phenoxy) is 1. The lowest BCUT2D eigenvalue weighted by atomic mass is 10.1. The molecule has 6 nitrogen and oxygen atoms in total. The summed E-state index contributed by atoms with van der Waals surface area (Å²) < 4.78 is 4.32. The van der Waals surface area contributed by atoms with Crippen LogP contribution >= 0.6 is 0 Å². The highest BCUT2D eigenvalue weighted by Crippen LogP contribution is 2.18. The van der Waals surface area contributed by atoms with Crippen LogP contribution in [0, 0.1) is 10.1 Å². The Morgan fingerprint density at radius 3 is 2.40 bits per heavy atom. The van der Waals surface area contributed by atoms with E-state index in [1.54, 1.807) is 0 Å². The third-order valence-electron chi connectivity index (χ3n) is 1.84. The number of methoxy groups -OCH3 is 1. The van der Waals surface area contributed by atoms with Crippen molar-refractivity contribution >= 4 is 11.7 Å². The molecule has 1 aromatic carbocycles. The Labute approximate surface area is 85.2 Å². The van der Waals surface area contributed by atoms with Gasteiger partial charge in [-0.25, -0.2) is 4.79 Å². The normalized spacial score (nSPS) is 11.9. The van der Waals surface area contributed by atoms with Crippen LogP contribution in [-0.4, -0.2) is 23.1 Å². The molecule has 0 fully saturated rings. The van der Waals surface area contributed by atoms with Crippen LogP contribution in [0.1, 0.15) is 11.7 Å². The minimum atomic E-state index is -1.41. The Hall–Kier alpha value is -1.95. The van der Waals surface area contributed by atoms with Gasteiger partial charge in [0, 0.05) is 12.1 Å². The summed E-state index contributed by atoms with van der Waals surface area (Å²) in [6, 6.07) is 5.03. The van der Waals surface area contributed by atoms with E-state index in [4.69, 9.17) is 0 Å². The van der Waals surface area contributed by atoms with E-state index in [9.17, 15) is 20.0 Å². The summed E-state index contributed by atoms with van der Waals surface area (Å²) in [6.07, 6.45) is -1.41. The number of nitro benzene ring substituents is 1.